The van der Waals surface area contributed by atoms with Crippen molar-refractivity contribution in [1.82, 2.24) is 20.4 Å². The predicted molar refractivity (Wildman–Crippen MR) is 85.0 cm³/mol. The molecule has 0 aromatic carbocycles. The third-order valence-corrected chi connectivity index (χ3v) is 4.02. The zero-order valence-corrected chi connectivity index (χ0v) is 13.0. The molecule has 8 heteroatoms. The van der Waals surface area contributed by atoms with E-state index in [0.717, 1.165) is 37.4 Å². The van der Waals surface area contributed by atoms with Crippen molar-refractivity contribution in [3.8, 4) is 0 Å². The quantitative estimate of drug-likeness (QED) is 0.865. The number of carbonyl (C=O) groups is 1. The normalized spacial score (nSPS) is 15.6. The van der Waals surface area contributed by atoms with Gasteiger partial charge in [-0.15, -0.1) is 0 Å². The van der Waals surface area contributed by atoms with Gasteiger partial charge in [0.2, 0.25) is 5.95 Å². The summed E-state index contributed by atoms with van der Waals surface area (Å²) in [6, 6.07) is 3.50. The molecule has 3 heterocycles. The molecule has 3 rings (SSSR count). The number of carbonyl (C=O) groups excluding carboxylic acids is 1. The second-order valence-electron chi connectivity index (χ2n) is 5.75. The minimum Gasteiger partial charge on any atom is -0.368 e. The number of hydrogen-bond acceptors (Lipinski definition) is 7. The maximum Gasteiger partial charge on any atom is 0.273 e. The third-order valence-electron chi connectivity index (χ3n) is 4.02. The van der Waals surface area contributed by atoms with Crippen molar-refractivity contribution in [2.75, 3.05) is 30.3 Å². The van der Waals surface area contributed by atoms with E-state index in [1.807, 2.05) is 13.0 Å². The van der Waals surface area contributed by atoms with Gasteiger partial charge in [-0.2, -0.15) is 4.98 Å². The number of aryl methyl sites for hydroxylation is 1. The molecule has 1 aliphatic heterocycles. The van der Waals surface area contributed by atoms with Crippen LogP contribution in [0.4, 0.5) is 11.8 Å². The molecule has 1 aliphatic rings. The van der Waals surface area contributed by atoms with Gasteiger partial charge in [-0.3, -0.25) is 4.79 Å². The van der Waals surface area contributed by atoms with E-state index in [4.69, 9.17) is 5.73 Å². The van der Waals surface area contributed by atoms with Crippen molar-refractivity contribution in [2.24, 2.45) is 5.92 Å². The Hall–Kier alpha value is -2.64. The second kappa shape index (κ2) is 6.64. The molecular formula is C15H20N6O2. The van der Waals surface area contributed by atoms with E-state index < -0.39 is 0 Å². The van der Waals surface area contributed by atoms with Gasteiger partial charge in [0.25, 0.3) is 5.91 Å². The number of nitrogens with zero attached hydrogens (tertiary/aromatic N) is 4. The van der Waals surface area contributed by atoms with Crippen LogP contribution in [0, 0.1) is 12.8 Å². The Balaban J connectivity index is 1.49. The van der Waals surface area contributed by atoms with Gasteiger partial charge in [0, 0.05) is 37.5 Å². The molecule has 2 aromatic rings. The minimum absolute atomic E-state index is 0.194. The van der Waals surface area contributed by atoms with Crippen molar-refractivity contribution >= 4 is 17.7 Å². The van der Waals surface area contributed by atoms with Crippen LogP contribution >= 0.6 is 0 Å². The van der Waals surface area contributed by atoms with Crippen LogP contribution in [-0.2, 0) is 0 Å². The third kappa shape index (κ3) is 3.77. The first-order valence-electron chi connectivity index (χ1n) is 7.66. The van der Waals surface area contributed by atoms with Gasteiger partial charge in [-0.1, -0.05) is 5.16 Å². The minimum atomic E-state index is -0.194. The Morgan fingerprint density at radius 1 is 1.43 bits per heavy atom. The Kier molecular flexibility index (Phi) is 4.40. The molecule has 3 N–H and O–H groups in total. The standard InChI is InChI=1S/C15H20N6O2/c1-10-8-13(19-15(16)18-10)21-5-2-11(3-6-21)9-17-14(22)12-4-7-23-20-12/h4,7-8,11H,2-3,5-6,9H2,1H3,(H,17,22)(H2,16,18,19). The monoisotopic (exact) mass is 316 g/mol. The average molecular weight is 316 g/mol. The van der Waals surface area contributed by atoms with Gasteiger partial charge in [0.1, 0.15) is 12.1 Å². The molecule has 23 heavy (non-hydrogen) atoms. The summed E-state index contributed by atoms with van der Waals surface area (Å²) < 4.78 is 4.67. The molecule has 122 valence electrons. The molecular weight excluding hydrogens is 296 g/mol. The van der Waals surface area contributed by atoms with E-state index in [0.29, 0.717) is 24.1 Å². The first-order chi connectivity index (χ1) is 11.1. The fraction of sp³-hybridized carbons (Fsp3) is 0.467. The average Bonchev–Trinajstić information content (AvgIpc) is 3.07. The summed E-state index contributed by atoms with van der Waals surface area (Å²) in [7, 11) is 0. The highest BCUT2D eigenvalue weighted by Gasteiger charge is 2.21. The summed E-state index contributed by atoms with van der Waals surface area (Å²) in [4.78, 5) is 22.4. The number of hydrogen-bond donors (Lipinski definition) is 2. The maximum atomic E-state index is 11.8. The van der Waals surface area contributed by atoms with Crippen LogP contribution in [-0.4, -0.2) is 40.7 Å². The van der Waals surface area contributed by atoms with Gasteiger partial charge in [-0.25, -0.2) is 4.98 Å². The van der Waals surface area contributed by atoms with Crippen LogP contribution in [0.15, 0.2) is 22.9 Å². The van der Waals surface area contributed by atoms with Gasteiger partial charge >= 0.3 is 0 Å². The molecule has 8 nitrogen and oxygen atoms in total. The molecule has 0 spiro atoms. The molecule has 0 aliphatic carbocycles. The molecule has 1 saturated heterocycles. The highest BCUT2D eigenvalue weighted by molar-refractivity contribution is 5.91. The smallest absolute Gasteiger partial charge is 0.273 e. The van der Waals surface area contributed by atoms with Gasteiger partial charge in [0.05, 0.1) is 0 Å². The lowest BCUT2D eigenvalue weighted by atomic mass is 9.96. The molecule has 1 fully saturated rings. The highest BCUT2D eigenvalue weighted by atomic mass is 16.5. The van der Waals surface area contributed by atoms with Gasteiger partial charge < -0.3 is 20.5 Å². The molecule has 0 unspecified atom stereocenters. The Labute approximate surface area is 134 Å². The number of aromatic nitrogens is 3. The first kappa shape index (κ1) is 15.3. The van der Waals surface area contributed by atoms with E-state index in [1.54, 1.807) is 6.07 Å². The van der Waals surface area contributed by atoms with Crippen LogP contribution < -0.4 is 16.0 Å². The molecule has 2 aromatic heterocycles. The van der Waals surface area contributed by atoms with Crippen molar-refractivity contribution in [3.63, 3.8) is 0 Å². The number of amides is 1. The van der Waals surface area contributed by atoms with Crippen molar-refractivity contribution in [3.05, 3.63) is 29.8 Å². The van der Waals surface area contributed by atoms with E-state index in [1.165, 1.54) is 6.26 Å². The van der Waals surface area contributed by atoms with E-state index in [-0.39, 0.29) is 5.91 Å². The van der Waals surface area contributed by atoms with E-state index >= 15 is 0 Å². The Bertz CT molecular complexity index is 644. The van der Waals surface area contributed by atoms with Crippen LogP contribution in [0.3, 0.4) is 0 Å². The number of piperidine rings is 1. The Morgan fingerprint density at radius 3 is 2.87 bits per heavy atom. The zero-order chi connectivity index (χ0) is 16.2. The lowest BCUT2D eigenvalue weighted by molar-refractivity contribution is 0.0936. The molecule has 0 saturated carbocycles. The molecule has 0 bridgehead atoms. The highest BCUT2D eigenvalue weighted by Crippen LogP contribution is 2.22. The predicted octanol–water partition coefficient (Wildman–Crippen LogP) is 1.00. The van der Waals surface area contributed by atoms with Crippen LogP contribution in [0.2, 0.25) is 0 Å². The summed E-state index contributed by atoms with van der Waals surface area (Å²) in [5.41, 5.74) is 6.89. The first-order valence-corrected chi connectivity index (χ1v) is 7.66. The molecule has 1 amide bonds. The van der Waals surface area contributed by atoms with Crippen molar-refractivity contribution in [2.45, 2.75) is 19.8 Å². The van der Waals surface area contributed by atoms with Crippen molar-refractivity contribution in [1.29, 1.82) is 0 Å². The molecule has 0 radical (unpaired) electrons. The number of nitrogens with two attached hydrogens (primary N) is 1. The van der Waals surface area contributed by atoms with Crippen LogP contribution in [0.25, 0.3) is 0 Å². The zero-order valence-electron chi connectivity index (χ0n) is 13.0. The summed E-state index contributed by atoms with van der Waals surface area (Å²) >= 11 is 0. The SMILES string of the molecule is Cc1cc(N2CCC(CNC(=O)c3ccon3)CC2)nc(N)n1. The molecule has 0 atom stereocenters. The fourth-order valence-electron chi connectivity index (χ4n) is 2.76. The largest absolute Gasteiger partial charge is 0.368 e. The number of rotatable bonds is 4. The summed E-state index contributed by atoms with van der Waals surface area (Å²) in [5.74, 6) is 1.44. The topological polar surface area (TPSA) is 110 Å². The lowest BCUT2D eigenvalue weighted by Gasteiger charge is -2.32. The number of nitrogens with one attached hydrogen (secondary N) is 1. The van der Waals surface area contributed by atoms with Crippen LogP contribution in [0.1, 0.15) is 29.0 Å². The summed E-state index contributed by atoms with van der Waals surface area (Å²) in [5, 5.41) is 6.53. The number of anilines is 2. The van der Waals surface area contributed by atoms with Gasteiger partial charge in [0.15, 0.2) is 5.69 Å². The summed E-state index contributed by atoms with van der Waals surface area (Å²) in [6.45, 7) is 4.33. The van der Waals surface area contributed by atoms with Crippen LogP contribution in [0.5, 0.6) is 0 Å². The maximum absolute atomic E-state index is 11.8. The summed E-state index contributed by atoms with van der Waals surface area (Å²) in [6.07, 6.45) is 3.37. The Morgan fingerprint density at radius 2 is 2.22 bits per heavy atom. The lowest BCUT2D eigenvalue weighted by Crippen LogP contribution is -2.39. The number of nitrogen functional groups attached to an aromatic ring is 1. The second-order valence-corrected chi connectivity index (χ2v) is 5.75. The fourth-order valence-corrected chi connectivity index (χ4v) is 2.76. The van der Waals surface area contributed by atoms with E-state index in [9.17, 15) is 4.79 Å². The van der Waals surface area contributed by atoms with Crippen molar-refractivity contribution < 1.29 is 9.32 Å². The van der Waals surface area contributed by atoms with E-state index in [2.05, 4.69) is 29.9 Å². The van der Waals surface area contributed by atoms with Gasteiger partial charge in [-0.05, 0) is 25.7 Å².